The van der Waals surface area contributed by atoms with Crippen molar-refractivity contribution in [3.63, 3.8) is 0 Å². The van der Waals surface area contributed by atoms with Gasteiger partial charge in [-0.15, -0.1) is 0 Å². The monoisotopic (exact) mass is 208 g/mol. The van der Waals surface area contributed by atoms with Crippen LogP contribution >= 0.6 is 0 Å². The van der Waals surface area contributed by atoms with Crippen molar-refractivity contribution in [3.8, 4) is 5.75 Å². The molecule has 1 heterocycles. The highest BCUT2D eigenvalue weighted by Gasteiger charge is 2.06. The zero-order valence-electron chi connectivity index (χ0n) is 9.79. The van der Waals surface area contributed by atoms with Crippen LogP contribution in [0.4, 0.5) is 0 Å². The molecule has 0 radical (unpaired) electrons. The van der Waals surface area contributed by atoms with E-state index in [0.29, 0.717) is 19.1 Å². The van der Waals surface area contributed by atoms with E-state index < -0.39 is 0 Å². The Kier molecular flexibility index (Phi) is 4.56. The Morgan fingerprint density at radius 3 is 2.80 bits per heavy atom. The average Bonchev–Trinajstić information content (AvgIpc) is 2.26. The normalized spacial score (nSPS) is 12.5. The van der Waals surface area contributed by atoms with Crippen molar-refractivity contribution in [1.82, 2.24) is 4.98 Å². The van der Waals surface area contributed by atoms with Crippen LogP contribution in [0.5, 0.6) is 5.75 Å². The van der Waals surface area contributed by atoms with E-state index in [1.165, 1.54) is 0 Å². The number of rotatable bonds is 5. The summed E-state index contributed by atoms with van der Waals surface area (Å²) in [4.78, 5) is 4.44. The molecule has 0 saturated heterocycles. The first-order chi connectivity index (χ1) is 7.17. The molecule has 0 amide bonds. The van der Waals surface area contributed by atoms with Crippen molar-refractivity contribution in [3.05, 3.63) is 23.5 Å². The summed E-state index contributed by atoms with van der Waals surface area (Å²) in [5, 5.41) is 0. The molecular formula is C12H20N2O. The smallest absolute Gasteiger partial charge is 0.140 e. The number of hydrogen-bond acceptors (Lipinski definition) is 3. The third-order valence-electron chi connectivity index (χ3n) is 2.33. The van der Waals surface area contributed by atoms with Gasteiger partial charge in [0.05, 0.1) is 12.3 Å². The molecule has 0 aliphatic rings. The van der Waals surface area contributed by atoms with Gasteiger partial charge in [0, 0.05) is 11.6 Å². The summed E-state index contributed by atoms with van der Waals surface area (Å²) in [6.07, 6.45) is 0.897. The lowest BCUT2D eigenvalue weighted by molar-refractivity contribution is 0.260. The fourth-order valence-corrected chi connectivity index (χ4v) is 1.28. The summed E-state index contributed by atoms with van der Waals surface area (Å²) in [5.74, 6) is 1.28. The molecule has 3 heteroatoms. The SMILES string of the molecule is CCc1nc(C)ccc1OCC(C)CN. The molecule has 1 aromatic heterocycles. The second kappa shape index (κ2) is 5.71. The van der Waals surface area contributed by atoms with Crippen LogP contribution in [0.1, 0.15) is 25.2 Å². The number of aryl methyl sites for hydroxylation is 2. The van der Waals surface area contributed by atoms with E-state index in [2.05, 4.69) is 18.8 Å². The van der Waals surface area contributed by atoms with E-state index in [9.17, 15) is 0 Å². The number of pyridine rings is 1. The Labute approximate surface area is 91.7 Å². The van der Waals surface area contributed by atoms with E-state index in [0.717, 1.165) is 23.6 Å². The van der Waals surface area contributed by atoms with Crippen LogP contribution in [0, 0.1) is 12.8 Å². The summed E-state index contributed by atoms with van der Waals surface area (Å²) in [5.41, 5.74) is 7.60. The van der Waals surface area contributed by atoms with Crippen LogP contribution in [0.2, 0.25) is 0 Å². The molecule has 0 saturated carbocycles. The second-order valence-corrected chi connectivity index (χ2v) is 3.90. The minimum atomic E-state index is 0.385. The maximum Gasteiger partial charge on any atom is 0.140 e. The van der Waals surface area contributed by atoms with Gasteiger partial charge in [-0.25, -0.2) is 0 Å². The highest BCUT2D eigenvalue weighted by Crippen LogP contribution is 2.17. The quantitative estimate of drug-likeness (QED) is 0.804. The molecule has 1 atom stereocenters. The summed E-state index contributed by atoms with van der Waals surface area (Å²) in [6, 6.07) is 3.96. The Hall–Kier alpha value is -1.09. The predicted octanol–water partition coefficient (Wildman–Crippen LogP) is 1.93. The first-order valence-corrected chi connectivity index (χ1v) is 5.46. The Balaban J connectivity index is 2.67. The van der Waals surface area contributed by atoms with E-state index >= 15 is 0 Å². The van der Waals surface area contributed by atoms with Gasteiger partial charge in [-0.05, 0) is 32.0 Å². The van der Waals surface area contributed by atoms with Gasteiger partial charge in [0.25, 0.3) is 0 Å². The molecule has 0 bridgehead atoms. The molecule has 3 nitrogen and oxygen atoms in total. The van der Waals surface area contributed by atoms with Crippen LogP contribution in [0.3, 0.4) is 0 Å². The van der Waals surface area contributed by atoms with Gasteiger partial charge >= 0.3 is 0 Å². The van der Waals surface area contributed by atoms with Crippen LogP contribution in [-0.4, -0.2) is 18.1 Å². The number of nitrogens with zero attached hydrogens (tertiary/aromatic N) is 1. The maximum absolute atomic E-state index is 5.69. The third kappa shape index (κ3) is 3.51. The predicted molar refractivity (Wildman–Crippen MR) is 62.1 cm³/mol. The van der Waals surface area contributed by atoms with Crippen LogP contribution in [0.25, 0.3) is 0 Å². The summed E-state index contributed by atoms with van der Waals surface area (Å²) in [6.45, 7) is 7.47. The minimum absolute atomic E-state index is 0.385. The largest absolute Gasteiger partial charge is 0.491 e. The van der Waals surface area contributed by atoms with Gasteiger partial charge in [-0.2, -0.15) is 0 Å². The summed E-state index contributed by atoms with van der Waals surface area (Å²) < 4.78 is 5.69. The second-order valence-electron chi connectivity index (χ2n) is 3.90. The van der Waals surface area contributed by atoms with E-state index in [1.54, 1.807) is 0 Å². The fourth-order valence-electron chi connectivity index (χ4n) is 1.28. The van der Waals surface area contributed by atoms with Crippen molar-refractivity contribution in [2.24, 2.45) is 11.7 Å². The molecule has 1 unspecified atom stereocenters. The number of ether oxygens (including phenoxy) is 1. The highest BCUT2D eigenvalue weighted by molar-refractivity contribution is 5.29. The standard InChI is InChI=1S/C12H20N2O/c1-4-11-12(6-5-10(3)14-11)15-8-9(2)7-13/h5-6,9H,4,7-8,13H2,1-3H3. The van der Waals surface area contributed by atoms with Crippen LogP contribution in [0.15, 0.2) is 12.1 Å². The lowest BCUT2D eigenvalue weighted by Gasteiger charge is -2.13. The zero-order valence-corrected chi connectivity index (χ0v) is 9.79. The number of nitrogens with two attached hydrogens (primary N) is 1. The molecule has 0 aromatic carbocycles. The number of aromatic nitrogens is 1. The lowest BCUT2D eigenvalue weighted by atomic mass is 10.2. The third-order valence-corrected chi connectivity index (χ3v) is 2.33. The number of hydrogen-bond donors (Lipinski definition) is 1. The van der Waals surface area contributed by atoms with Gasteiger partial charge in [-0.3, -0.25) is 4.98 Å². The van der Waals surface area contributed by atoms with E-state index in [-0.39, 0.29) is 0 Å². The van der Waals surface area contributed by atoms with Crippen molar-refractivity contribution in [1.29, 1.82) is 0 Å². The lowest BCUT2D eigenvalue weighted by Crippen LogP contribution is -2.18. The molecule has 0 aliphatic heterocycles. The minimum Gasteiger partial charge on any atom is -0.491 e. The summed E-state index contributed by atoms with van der Waals surface area (Å²) >= 11 is 0. The first-order valence-electron chi connectivity index (χ1n) is 5.46. The van der Waals surface area contributed by atoms with E-state index in [1.807, 2.05) is 19.1 Å². The van der Waals surface area contributed by atoms with Crippen molar-refractivity contribution in [2.75, 3.05) is 13.2 Å². The van der Waals surface area contributed by atoms with Crippen LogP contribution < -0.4 is 10.5 Å². The van der Waals surface area contributed by atoms with Crippen LogP contribution in [-0.2, 0) is 6.42 Å². The maximum atomic E-state index is 5.69. The molecule has 0 spiro atoms. The Bertz CT molecular complexity index is 312. The van der Waals surface area contributed by atoms with Gasteiger partial charge in [0.1, 0.15) is 5.75 Å². The Morgan fingerprint density at radius 2 is 2.20 bits per heavy atom. The molecule has 2 N–H and O–H groups in total. The molecule has 0 fully saturated rings. The first kappa shape index (κ1) is 12.0. The van der Waals surface area contributed by atoms with Gasteiger partial charge in [0.2, 0.25) is 0 Å². The van der Waals surface area contributed by atoms with E-state index in [4.69, 9.17) is 10.5 Å². The van der Waals surface area contributed by atoms with Crippen molar-refractivity contribution >= 4 is 0 Å². The molecule has 84 valence electrons. The zero-order chi connectivity index (χ0) is 11.3. The topological polar surface area (TPSA) is 48.1 Å². The van der Waals surface area contributed by atoms with Crippen molar-refractivity contribution < 1.29 is 4.74 Å². The van der Waals surface area contributed by atoms with Gasteiger partial charge in [0.15, 0.2) is 0 Å². The molecule has 15 heavy (non-hydrogen) atoms. The van der Waals surface area contributed by atoms with Crippen molar-refractivity contribution in [2.45, 2.75) is 27.2 Å². The molecule has 1 aromatic rings. The van der Waals surface area contributed by atoms with Gasteiger partial charge < -0.3 is 10.5 Å². The summed E-state index contributed by atoms with van der Waals surface area (Å²) in [7, 11) is 0. The average molecular weight is 208 g/mol. The van der Waals surface area contributed by atoms with Gasteiger partial charge in [-0.1, -0.05) is 13.8 Å². The highest BCUT2D eigenvalue weighted by atomic mass is 16.5. The Morgan fingerprint density at radius 1 is 1.47 bits per heavy atom. The fraction of sp³-hybridized carbons (Fsp3) is 0.583. The molecule has 0 aliphatic carbocycles. The molecule has 1 rings (SSSR count). The molecular weight excluding hydrogens is 188 g/mol.